The summed E-state index contributed by atoms with van der Waals surface area (Å²) >= 11 is 0. The number of pyridine rings is 1. The fraction of sp³-hybridized carbons (Fsp3) is 0.381. The fourth-order valence-electron chi connectivity index (χ4n) is 3.38. The van der Waals surface area contributed by atoms with Crippen molar-refractivity contribution in [3.05, 3.63) is 65.5 Å². The molecule has 1 aromatic heterocycles. The normalized spacial score (nSPS) is 21.1. The van der Waals surface area contributed by atoms with Crippen LogP contribution < -0.4 is 10.6 Å². The van der Waals surface area contributed by atoms with E-state index in [0.29, 0.717) is 18.4 Å². The molecule has 2 amide bonds. The number of nitrogens with one attached hydrogen (secondary N) is 2. The highest BCUT2D eigenvalue weighted by Gasteiger charge is 2.33. The molecule has 0 saturated carbocycles. The van der Waals surface area contributed by atoms with Gasteiger partial charge in [0, 0.05) is 18.8 Å². The van der Waals surface area contributed by atoms with Crippen LogP contribution in [0.5, 0.6) is 0 Å². The Kier molecular flexibility index (Phi) is 7.42. The molecule has 0 spiro atoms. The molecule has 1 fully saturated rings. The van der Waals surface area contributed by atoms with E-state index in [0.717, 1.165) is 18.2 Å². The van der Waals surface area contributed by atoms with Gasteiger partial charge in [0.15, 0.2) is 0 Å². The van der Waals surface area contributed by atoms with Gasteiger partial charge in [-0.1, -0.05) is 6.07 Å². The first-order valence-corrected chi connectivity index (χ1v) is 9.64. The summed E-state index contributed by atoms with van der Waals surface area (Å²) in [7, 11) is 0. The Labute approximate surface area is 172 Å². The van der Waals surface area contributed by atoms with E-state index in [2.05, 4.69) is 15.6 Å². The number of halogens is 2. The van der Waals surface area contributed by atoms with E-state index in [9.17, 15) is 23.5 Å². The van der Waals surface area contributed by atoms with Crippen LogP contribution in [-0.4, -0.2) is 46.8 Å². The van der Waals surface area contributed by atoms with Crippen molar-refractivity contribution < 1.29 is 28.2 Å². The third kappa shape index (κ3) is 6.04. The Morgan fingerprint density at radius 2 is 1.93 bits per heavy atom. The lowest BCUT2D eigenvalue weighted by atomic mass is 9.96. The van der Waals surface area contributed by atoms with Crippen molar-refractivity contribution in [2.24, 2.45) is 0 Å². The highest BCUT2D eigenvalue weighted by Crippen LogP contribution is 2.22. The molecule has 1 saturated heterocycles. The molecule has 2 aromatic rings. The number of benzene rings is 1. The highest BCUT2D eigenvalue weighted by atomic mass is 19.1. The zero-order valence-electron chi connectivity index (χ0n) is 16.2. The number of hydrogen-bond donors (Lipinski definition) is 3. The molecule has 0 aliphatic carbocycles. The molecule has 1 aromatic carbocycles. The Morgan fingerprint density at radius 1 is 1.17 bits per heavy atom. The van der Waals surface area contributed by atoms with Crippen LogP contribution in [0.4, 0.5) is 8.78 Å². The van der Waals surface area contributed by atoms with Crippen LogP contribution in [0.25, 0.3) is 0 Å². The maximum absolute atomic E-state index is 13.2. The molecule has 0 bridgehead atoms. The highest BCUT2D eigenvalue weighted by molar-refractivity contribution is 5.92. The first kappa shape index (κ1) is 21.8. The third-order valence-electron chi connectivity index (χ3n) is 4.83. The Bertz CT molecular complexity index is 862. The van der Waals surface area contributed by atoms with Crippen LogP contribution in [0, 0.1) is 11.6 Å². The molecule has 2 heterocycles. The predicted molar refractivity (Wildman–Crippen MR) is 103 cm³/mol. The summed E-state index contributed by atoms with van der Waals surface area (Å²) in [6, 6.07) is 7.66. The number of amides is 2. The quantitative estimate of drug-likeness (QED) is 0.634. The summed E-state index contributed by atoms with van der Waals surface area (Å²) in [5, 5.41) is 15.1. The average Bonchev–Trinajstić information content (AvgIpc) is 2.73. The molecule has 1 aliphatic rings. The second-order valence-electron chi connectivity index (χ2n) is 7.11. The smallest absolute Gasteiger partial charge is 0.270 e. The van der Waals surface area contributed by atoms with Crippen LogP contribution >= 0.6 is 0 Å². The molecule has 3 atom stereocenters. The zero-order chi connectivity index (χ0) is 21.5. The monoisotopic (exact) mass is 419 g/mol. The number of nitrogens with zero attached hydrogens (tertiary/aromatic N) is 1. The number of carbonyl (C=O) groups excluding carboxylic acids is 2. The Balaban J connectivity index is 1.48. The lowest BCUT2D eigenvalue weighted by Crippen LogP contribution is -2.51. The number of aromatic nitrogens is 1. The number of aliphatic hydroxyl groups is 1. The first-order valence-electron chi connectivity index (χ1n) is 9.64. The molecule has 9 heteroatoms. The van der Waals surface area contributed by atoms with E-state index in [4.69, 9.17) is 4.74 Å². The van der Waals surface area contributed by atoms with Gasteiger partial charge in [-0.15, -0.1) is 0 Å². The molecule has 1 aliphatic heterocycles. The maximum Gasteiger partial charge on any atom is 0.270 e. The first-order chi connectivity index (χ1) is 14.4. The van der Waals surface area contributed by atoms with Gasteiger partial charge in [-0.2, -0.15) is 0 Å². The van der Waals surface area contributed by atoms with Gasteiger partial charge in [-0.3, -0.25) is 14.6 Å². The van der Waals surface area contributed by atoms with E-state index < -0.39 is 29.9 Å². The summed E-state index contributed by atoms with van der Waals surface area (Å²) in [4.78, 5) is 28.4. The van der Waals surface area contributed by atoms with Crippen molar-refractivity contribution in [2.75, 3.05) is 6.61 Å². The SMILES string of the molecule is O=C(C[C@H]1CC[C@H](NC(=O)c2ccccn2)[C@H](CO)O1)NCc1cc(F)cc(F)c1. The van der Waals surface area contributed by atoms with Gasteiger partial charge < -0.3 is 20.5 Å². The fourth-order valence-corrected chi connectivity index (χ4v) is 3.38. The van der Waals surface area contributed by atoms with Crippen molar-refractivity contribution in [2.45, 2.75) is 44.1 Å². The van der Waals surface area contributed by atoms with Crippen molar-refractivity contribution in [1.82, 2.24) is 15.6 Å². The Morgan fingerprint density at radius 3 is 2.60 bits per heavy atom. The summed E-state index contributed by atoms with van der Waals surface area (Å²) in [5.74, 6) is -2.11. The zero-order valence-corrected chi connectivity index (χ0v) is 16.2. The second-order valence-corrected chi connectivity index (χ2v) is 7.11. The average molecular weight is 419 g/mol. The summed E-state index contributed by atoms with van der Waals surface area (Å²) < 4.78 is 32.2. The maximum atomic E-state index is 13.2. The Hall–Kier alpha value is -2.91. The number of ether oxygens (including phenoxy) is 1. The van der Waals surface area contributed by atoms with Crippen molar-refractivity contribution >= 4 is 11.8 Å². The van der Waals surface area contributed by atoms with Crippen LogP contribution in [0.15, 0.2) is 42.6 Å². The minimum atomic E-state index is -0.709. The van der Waals surface area contributed by atoms with Crippen LogP contribution in [0.3, 0.4) is 0 Å². The van der Waals surface area contributed by atoms with Gasteiger partial charge in [0.25, 0.3) is 5.91 Å². The van der Waals surface area contributed by atoms with Crippen LogP contribution in [0.1, 0.15) is 35.3 Å². The van der Waals surface area contributed by atoms with E-state index in [1.165, 1.54) is 6.20 Å². The van der Waals surface area contributed by atoms with E-state index in [-0.39, 0.29) is 37.1 Å². The second kappa shape index (κ2) is 10.2. The standard InChI is InChI=1S/C21H23F2N3O4/c22-14-7-13(8-15(23)9-14)11-25-20(28)10-16-4-5-17(19(12-27)30-16)26-21(29)18-3-1-2-6-24-18/h1-3,6-9,16-17,19,27H,4-5,10-12H2,(H,25,28)(H,26,29)/t16-,17+,19+/m1/s1. The van der Waals surface area contributed by atoms with E-state index >= 15 is 0 Å². The van der Waals surface area contributed by atoms with Gasteiger partial charge in [0.2, 0.25) is 5.91 Å². The van der Waals surface area contributed by atoms with Gasteiger partial charge >= 0.3 is 0 Å². The lowest BCUT2D eigenvalue weighted by molar-refractivity contribution is -0.131. The minimum absolute atomic E-state index is 0.00752. The van der Waals surface area contributed by atoms with E-state index in [1.807, 2.05) is 0 Å². The van der Waals surface area contributed by atoms with Crippen molar-refractivity contribution in [1.29, 1.82) is 0 Å². The van der Waals surface area contributed by atoms with Crippen molar-refractivity contribution in [3.63, 3.8) is 0 Å². The molecule has 30 heavy (non-hydrogen) atoms. The molecular formula is C21H23F2N3O4. The third-order valence-corrected chi connectivity index (χ3v) is 4.83. The number of carbonyl (C=O) groups is 2. The molecule has 7 nitrogen and oxygen atoms in total. The van der Waals surface area contributed by atoms with Crippen molar-refractivity contribution in [3.8, 4) is 0 Å². The molecule has 160 valence electrons. The summed E-state index contributed by atoms with van der Waals surface area (Å²) in [6.45, 7) is -0.319. The molecule has 3 N–H and O–H groups in total. The van der Waals surface area contributed by atoms with Crippen LogP contribution in [0.2, 0.25) is 0 Å². The number of hydrogen-bond acceptors (Lipinski definition) is 5. The minimum Gasteiger partial charge on any atom is -0.394 e. The summed E-state index contributed by atoms with van der Waals surface area (Å²) in [6.07, 6.45) is 1.50. The molecule has 3 rings (SSSR count). The van der Waals surface area contributed by atoms with Gasteiger partial charge in [0.05, 0.1) is 25.2 Å². The molecule has 0 radical (unpaired) electrons. The molecular weight excluding hydrogens is 396 g/mol. The number of rotatable bonds is 7. The largest absolute Gasteiger partial charge is 0.394 e. The predicted octanol–water partition coefficient (Wildman–Crippen LogP) is 1.70. The van der Waals surface area contributed by atoms with Crippen LogP contribution in [-0.2, 0) is 16.1 Å². The van der Waals surface area contributed by atoms with E-state index in [1.54, 1.807) is 18.2 Å². The van der Waals surface area contributed by atoms with Gasteiger partial charge in [0.1, 0.15) is 23.4 Å². The van der Waals surface area contributed by atoms with Gasteiger partial charge in [-0.25, -0.2) is 8.78 Å². The summed E-state index contributed by atoms with van der Waals surface area (Å²) in [5.41, 5.74) is 0.584. The topological polar surface area (TPSA) is 101 Å². The molecule has 0 unspecified atom stereocenters. The van der Waals surface area contributed by atoms with Gasteiger partial charge in [-0.05, 0) is 42.7 Å². The number of aliphatic hydroxyl groups excluding tert-OH is 1. The lowest BCUT2D eigenvalue weighted by Gasteiger charge is -2.35.